The Balaban J connectivity index is 3.23. The van der Waals surface area contributed by atoms with Crippen LogP contribution in [-0.4, -0.2) is 42.6 Å². The van der Waals surface area contributed by atoms with Crippen LogP contribution in [-0.2, 0) is 14.3 Å². The Bertz CT molecular complexity index is 403. The maximum absolute atomic E-state index is 11.4. The maximum atomic E-state index is 11.4. The van der Waals surface area contributed by atoms with Crippen molar-refractivity contribution in [2.24, 2.45) is 15.9 Å². The highest BCUT2D eigenvalue weighted by atomic mass is 16.5. The van der Waals surface area contributed by atoms with E-state index in [0.29, 0.717) is 19.1 Å². The van der Waals surface area contributed by atoms with Crippen molar-refractivity contribution >= 4 is 17.8 Å². The van der Waals surface area contributed by atoms with Crippen molar-refractivity contribution in [3.63, 3.8) is 0 Å². The molecule has 6 heteroatoms. The van der Waals surface area contributed by atoms with E-state index in [1.807, 2.05) is 20.8 Å². The molecule has 1 rings (SSSR count). The highest BCUT2D eigenvalue weighted by molar-refractivity contribution is 6.10. The molecule has 6 nitrogen and oxygen atoms in total. The van der Waals surface area contributed by atoms with Gasteiger partial charge in [-0.3, -0.25) is 0 Å². The van der Waals surface area contributed by atoms with E-state index in [2.05, 4.69) is 9.98 Å². The molecule has 0 aromatic heterocycles. The molecule has 0 spiro atoms. The quantitative estimate of drug-likeness (QED) is 0.739. The molecular formula is C13H21N2O4-. The molecule has 0 aliphatic carbocycles. The summed E-state index contributed by atoms with van der Waals surface area (Å²) in [5.74, 6) is -0.809. The van der Waals surface area contributed by atoms with Crippen LogP contribution in [0, 0.1) is 5.92 Å². The Labute approximate surface area is 113 Å². The fourth-order valence-electron chi connectivity index (χ4n) is 1.79. The van der Waals surface area contributed by atoms with Crippen molar-refractivity contribution in [2.45, 2.75) is 46.2 Å². The van der Waals surface area contributed by atoms with Gasteiger partial charge in [0.15, 0.2) is 5.54 Å². The number of carboxylic acids is 1. The first-order valence-electron chi connectivity index (χ1n) is 6.51. The summed E-state index contributed by atoms with van der Waals surface area (Å²) >= 11 is 0. The summed E-state index contributed by atoms with van der Waals surface area (Å²) < 4.78 is 10.8. The lowest BCUT2D eigenvalue weighted by molar-refractivity contribution is -0.309. The number of hydrogen-bond donors (Lipinski definition) is 0. The maximum Gasteiger partial charge on any atom is 0.218 e. The summed E-state index contributed by atoms with van der Waals surface area (Å²) in [6.45, 7) is 9.66. The first-order valence-corrected chi connectivity index (χ1v) is 6.51. The van der Waals surface area contributed by atoms with Crippen molar-refractivity contribution in [3.8, 4) is 0 Å². The van der Waals surface area contributed by atoms with Crippen LogP contribution in [0.2, 0.25) is 0 Å². The van der Waals surface area contributed by atoms with E-state index in [-0.39, 0.29) is 17.9 Å². The van der Waals surface area contributed by atoms with Crippen LogP contribution in [0.3, 0.4) is 0 Å². The summed E-state index contributed by atoms with van der Waals surface area (Å²) in [5, 5.41) is 11.4. The average Bonchev–Trinajstić information content (AvgIpc) is 2.32. The standard InChI is InChI=1S/C13H22N2O4/c1-6-18-10-9(8(3)4)14-11(19-7-2)13(5,15-10)12(16)17/h8-9H,6-7H2,1-5H3,(H,16,17)/p-1/t9-,13-/m0/s1. The van der Waals surface area contributed by atoms with E-state index in [9.17, 15) is 9.90 Å². The van der Waals surface area contributed by atoms with E-state index in [1.54, 1.807) is 6.92 Å². The highest BCUT2D eigenvalue weighted by Crippen LogP contribution is 2.24. The van der Waals surface area contributed by atoms with Crippen molar-refractivity contribution in [2.75, 3.05) is 13.2 Å². The number of nitrogens with zero attached hydrogens (tertiary/aromatic N) is 2. The Morgan fingerprint density at radius 1 is 1.37 bits per heavy atom. The molecule has 1 aliphatic rings. The first kappa shape index (κ1) is 15.5. The summed E-state index contributed by atoms with van der Waals surface area (Å²) in [7, 11) is 0. The predicted octanol–water partition coefficient (Wildman–Crippen LogP) is 0.403. The van der Waals surface area contributed by atoms with E-state index in [1.165, 1.54) is 6.92 Å². The van der Waals surface area contributed by atoms with Gasteiger partial charge in [-0.05, 0) is 26.7 Å². The van der Waals surface area contributed by atoms with Crippen LogP contribution in [0.5, 0.6) is 0 Å². The molecule has 0 bridgehead atoms. The van der Waals surface area contributed by atoms with Gasteiger partial charge < -0.3 is 19.4 Å². The van der Waals surface area contributed by atoms with Crippen LogP contribution in [0.25, 0.3) is 0 Å². The molecule has 0 unspecified atom stereocenters. The SMILES string of the molecule is CCOC1=N[C@](C)(C(=O)[O-])C(OCC)=N[C@H]1C(C)C. The third kappa shape index (κ3) is 3.05. The lowest BCUT2D eigenvalue weighted by atomic mass is 9.97. The minimum absolute atomic E-state index is 0.0807. The van der Waals surface area contributed by atoms with Crippen LogP contribution in [0.4, 0.5) is 0 Å². The van der Waals surface area contributed by atoms with Crippen LogP contribution >= 0.6 is 0 Å². The molecule has 0 aromatic carbocycles. The molecule has 2 atom stereocenters. The molecule has 0 fully saturated rings. The number of rotatable bonds is 4. The van der Waals surface area contributed by atoms with Gasteiger partial charge in [0.1, 0.15) is 6.04 Å². The van der Waals surface area contributed by atoms with Gasteiger partial charge in [-0.1, -0.05) is 13.8 Å². The molecule has 0 saturated heterocycles. The molecule has 0 N–H and O–H groups in total. The highest BCUT2D eigenvalue weighted by Gasteiger charge is 2.41. The number of carboxylic acid groups (broad SMARTS) is 1. The van der Waals surface area contributed by atoms with Gasteiger partial charge in [0.2, 0.25) is 11.8 Å². The van der Waals surface area contributed by atoms with Gasteiger partial charge in [-0.15, -0.1) is 0 Å². The molecule has 1 heterocycles. The second kappa shape index (κ2) is 6.04. The van der Waals surface area contributed by atoms with E-state index >= 15 is 0 Å². The second-order valence-corrected chi connectivity index (χ2v) is 4.80. The zero-order valence-electron chi connectivity index (χ0n) is 12.1. The molecule has 1 aliphatic heterocycles. The van der Waals surface area contributed by atoms with Gasteiger partial charge in [-0.2, -0.15) is 0 Å². The number of aliphatic imine (C=N–C) groups is 2. The van der Waals surface area contributed by atoms with Crippen molar-refractivity contribution in [1.29, 1.82) is 0 Å². The number of hydrogen-bond acceptors (Lipinski definition) is 6. The third-order valence-electron chi connectivity index (χ3n) is 2.86. The molecule has 0 radical (unpaired) electrons. The number of ether oxygens (including phenoxy) is 2. The summed E-state index contributed by atoms with van der Waals surface area (Å²) in [5.41, 5.74) is -1.62. The average molecular weight is 269 g/mol. The molecule has 0 saturated carbocycles. The Hall–Kier alpha value is -1.59. The topological polar surface area (TPSA) is 83.3 Å². The van der Waals surface area contributed by atoms with Gasteiger partial charge >= 0.3 is 0 Å². The Kier molecular flexibility index (Phi) is 4.91. The normalized spacial score (nSPS) is 26.7. The summed E-state index contributed by atoms with van der Waals surface area (Å²) in [6, 6.07) is -0.325. The lowest BCUT2D eigenvalue weighted by Crippen LogP contribution is -2.55. The smallest absolute Gasteiger partial charge is 0.218 e. The van der Waals surface area contributed by atoms with Gasteiger partial charge in [-0.25, -0.2) is 9.98 Å². The van der Waals surface area contributed by atoms with E-state index < -0.39 is 11.5 Å². The third-order valence-corrected chi connectivity index (χ3v) is 2.86. The van der Waals surface area contributed by atoms with Crippen molar-refractivity contribution < 1.29 is 19.4 Å². The molecular weight excluding hydrogens is 248 g/mol. The second-order valence-electron chi connectivity index (χ2n) is 4.80. The molecule has 0 amide bonds. The van der Waals surface area contributed by atoms with Gasteiger partial charge in [0, 0.05) is 0 Å². The Morgan fingerprint density at radius 2 is 1.95 bits per heavy atom. The van der Waals surface area contributed by atoms with Crippen LogP contribution in [0.15, 0.2) is 9.98 Å². The van der Waals surface area contributed by atoms with Crippen LogP contribution in [0.1, 0.15) is 34.6 Å². The fraction of sp³-hybridized carbons (Fsp3) is 0.769. The van der Waals surface area contributed by atoms with Gasteiger partial charge in [0.05, 0.1) is 19.2 Å². The minimum atomic E-state index is -1.62. The van der Waals surface area contributed by atoms with Gasteiger partial charge in [0.25, 0.3) is 0 Å². The fourth-order valence-corrected chi connectivity index (χ4v) is 1.79. The number of carbonyl (C=O) groups is 1. The minimum Gasteiger partial charge on any atom is -0.547 e. The van der Waals surface area contributed by atoms with Crippen molar-refractivity contribution in [3.05, 3.63) is 0 Å². The Morgan fingerprint density at radius 3 is 2.37 bits per heavy atom. The lowest BCUT2D eigenvalue weighted by Gasteiger charge is -2.34. The van der Waals surface area contributed by atoms with Crippen molar-refractivity contribution in [1.82, 2.24) is 0 Å². The zero-order valence-corrected chi connectivity index (χ0v) is 12.1. The van der Waals surface area contributed by atoms with Crippen LogP contribution < -0.4 is 5.11 Å². The largest absolute Gasteiger partial charge is 0.547 e. The van der Waals surface area contributed by atoms with E-state index in [0.717, 1.165) is 0 Å². The predicted molar refractivity (Wildman–Crippen MR) is 70.2 cm³/mol. The zero-order chi connectivity index (χ0) is 14.6. The number of carbonyl (C=O) groups excluding carboxylic acids is 1. The first-order chi connectivity index (χ1) is 8.86. The summed E-state index contributed by atoms with van der Waals surface area (Å²) in [4.78, 5) is 19.9. The molecule has 0 aromatic rings. The molecule has 108 valence electrons. The number of aliphatic carboxylic acids is 1. The van der Waals surface area contributed by atoms with E-state index in [4.69, 9.17) is 9.47 Å². The summed E-state index contributed by atoms with van der Waals surface area (Å²) in [6.07, 6.45) is 0. The molecule has 19 heavy (non-hydrogen) atoms. The monoisotopic (exact) mass is 269 g/mol.